The first kappa shape index (κ1) is 26.6. The van der Waals surface area contributed by atoms with Crippen molar-refractivity contribution in [3.63, 3.8) is 0 Å². The van der Waals surface area contributed by atoms with Crippen molar-refractivity contribution < 1.29 is 15.3 Å². The monoisotopic (exact) mass is 436 g/mol. The minimum Gasteiger partial charge on any atom is -0.412 e. The summed E-state index contributed by atoms with van der Waals surface area (Å²) in [6, 6.07) is 6.85. The lowest BCUT2D eigenvalue weighted by atomic mass is 10.1. The number of halogens is 3. The van der Waals surface area contributed by atoms with E-state index in [1.54, 1.807) is 12.1 Å². The van der Waals surface area contributed by atoms with E-state index in [2.05, 4.69) is 20.0 Å². The standard InChI is InChI=1S/C19H25FN4.2ClH.2H2O/c20-15-6-8-16(9-7-15)24-13-11-23(12-14-24)10-2-5-19-17-3-1-4-18(17)21-22-19;;;;/h6-9H,1-5,10-14H2,(H,21,22);2*1H;2*1H2. The number of piperazine rings is 1. The second-order valence-electron chi connectivity index (χ2n) is 6.89. The molecule has 1 aromatic carbocycles. The van der Waals surface area contributed by atoms with Gasteiger partial charge in [0.2, 0.25) is 0 Å². The number of benzene rings is 1. The van der Waals surface area contributed by atoms with Gasteiger partial charge in [0, 0.05) is 37.6 Å². The van der Waals surface area contributed by atoms with Crippen LogP contribution in [0.5, 0.6) is 0 Å². The fourth-order valence-corrected chi connectivity index (χ4v) is 3.95. The predicted octanol–water partition coefficient (Wildman–Crippen LogP) is 1.99. The number of nitrogens with zero attached hydrogens (tertiary/aromatic N) is 3. The molecule has 9 heteroatoms. The summed E-state index contributed by atoms with van der Waals surface area (Å²) in [5.74, 6) is -0.165. The summed E-state index contributed by atoms with van der Waals surface area (Å²) < 4.78 is 13.0. The Labute approximate surface area is 177 Å². The summed E-state index contributed by atoms with van der Waals surface area (Å²) in [7, 11) is 0. The fourth-order valence-electron chi connectivity index (χ4n) is 3.95. The van der Waals surface area contributed by atoms with Gasteiger partial charge < -0.3 is 15.9 Å². The van der Waals surface area contributed by atoms with E-state index < -0.39 is 0 Å². The van der Waals surface area contributed by atoms with Crippen LogP contribution in [-0.4, -0.2) is 58.8 Å². The van der Waals surface area contributed by atoms with Gasteiger partial charge in [-0.15, -0.1) is 24.8 Å². The van der Waals surface area contributed by atoms with E-state index in [0.717, 1.165) is 44.8 Å². The van der Waals surface area contributed by atoms with Crippen LogP contribution in [0.25, 0.3) is 0 Å². The summed E-state index contributed by atoms with van der Waals surface area (Å²) in [4.78, 5) is 4.88. The summed E-state index contributed by atoms with van der Waals surface area (Å²) in [6.45, 7) is 5.33. The molecule has 0 spiro atoms. The van der Waals surface area contributed by atoms with Crippen LogP contribution in [0.15, 0.2) is 24.3 Å². The number of aryl methyl sites for hydroxylation is 2. The second-order valence-corrected chi connectivity index (χ2v) is 6.89. The second kappa shape index (κ2) is 12.2. The van der Waals surface area contributed by atoms with E-state index in [1.165, 1.54) is 42.6 Å². The molecule has 1 aliphatic heterocycles. The zero-order chi connectivity index (χ0) is 16.4. The topological polar surface area (TPSA) is 98.2 Å². The summed E-state index contributed by atoms with van der Waals surface area (Å²) >= 11 is 0. The first-order valence-electron chi connectivity index (χ1n) is 9.07. The average molecular weight is 437 g/mol. The minimum atomic E-state index is -0.165. The maximum atomic E-state index is 13.0. The normalized spacial score (nSPS) is 15.5. The number of aromatic amines is 1. The first-order chi connectivity index (χ1) is 11.8. The number of H-pyrrole nitrogens is 1. The highest BCUT2D eigenvalue weighted by molar-refractivity contribution is 5.85. The summed E-state index contributed by atoms with van der Waals surface area (Å²) in [6.07, 6.45) is 5.92. The average Bonchev–Trinajstić information content (AvgIpc) is 3.21. The van der Waals surface area contributed by atoms with Crippen LogP contribution in [0, 0.1) is 5.82 Å². The van der Waals surface area contributed by atoms with E-state index in [9.17, 15) is 4.39 Å². The van der Waals surface area contributed by atoms with Crippen LogP contribution in [0.4, 0.5) is 10.1 Å². The van der Waals surface area contributed by atoms with E-state index in [0.29, 0.717) is 0 Å². The van der Waals surface area contributed by atoms with Crippen LogP contribution >= 0.6 is 24.8 Å². The third kappa shape index (κ3) is 6.06. The molecule has 1 aromatic heterocycles. The molecule has 0 bridgehead atoms. The van der Waals surface area contributed by atoms with Gasteiger partial charge in [0.05, 0.1) is 5.69 Å². The molecule has 2 aliphatic rings. The van der Waals surface area contributed by atoms with E-state index >= 15 is 0 Å². The Morgan fingerprint density at radius 3 is 2.32 bits per heavy atom. The number of fused-ring (bicyclic) bond motifs is 1. The van der Waals surface area contributed by atoms with Crippen LogP contribution in [0.3, 0.4) is 0 Å². The molecule has 0 atom stereocenters. The maximum absolute atomic E-state index is 13.0. The molecule has 1 aliphatic carbocycles. The van der Waals surface area contributed by atoms with Gasteiger partial charge >= 0.3 is 0 Å². The molecule has 0 amide bonds. The molecule has 2 aromatic rings. The lowest BCUT2D eigenvalue weighted by Crippen LogP contribution is -2.46. The molecule has 4 rings (SSSR count). The van der Waals surface area contributed by atoms with E-state index in [-0.39, 0.29) is 41.6 Å². The van der Waals surface area contributed by atoms with E-state index in [4.69, 9.17) is 0 Å². The summed E-state index contributed by atoms with van der Waals surface area (Å²) in [5, 5.41) is 7.70. The molecule has 6 nitrogen and oxygen atoms in total. The van der Waals surface area contributed by atoms with Gasteiger partial charge in [-0.1, -0.05) is 0 Å². The molecule has 1 fully saturated rings. The quantitative estimate of drug-likeness (QED) is 0.775. The number of rotatable bonds is 5. The Hall–Kier alpha value is -1.38. The highest BCUT2D eigenvalue weighted by Crippen LogP contribution is 2.23. The van der Waals surface area contributed by atoms with Crippen LogP contribution in [-0.2, 0) is 19.3 Å². The Kier molecular flexibility index (Phi) is 11.6. The van der Waals surface area contributed by atoms with Gasteiger partial charge in [0.1, 0.15) is 5.82 Å². The highest BCUT2D eigenvalue weighted by atomic mass is 35.5. The molecule has 0 radical (unpaired) electrons. The van der Waals surface area contributed by atoms with Crippen molar-refractivity contribution in [1.82, 2.24) is 15.1 Å². The fraction of sp³-hybridized carbons (Fsp3) is 0.526. The number of nitrogens with one attached hydrogen (secondary N) is 1. The van der Waals surface area contributed by atoms with E-state index in [1.807, 2.05) is 12.1 Å². The largest absolute Gasteiger partial charge is 0.412 e. The molecular formula is C19H31Cl2FN4O2. The Morgan fingerprint density at radius 1 is 0.964 bits per heavy atom. The first-order valence-corrected chi connectivity index (χ1v) is 9.07. The third-order valence-corrected chi connectivity index (χ3v) is 5.34. The Balaban J connectivity index is 0.00000182. The molecule has 0 unspecified atom stereocenters. The smallest absolute Gasteiger partial charge is 0.123 e. The zero-order valence-corrected chi connectivity index (χ0v) is 17.5. The Morgan fingerprint density at radius 2 is 1.64 bits per heavy atom. The van der Waals surface area contributed by atoms with Crippen molar-refractivity contribution in [3.05, 3.63) is 47.0 Å². The third-order valence-electron chi connectivity index (χ3n) is 5.34. The predicted molar refractivity (Wildman–Crippen MR) is 116 cm³/mol. The van der Waals surface area contributed by atoms with Crippen LogP contribution < -0.4 is 4.90 Å². The van der Waals surface area contributed by atoms with Crippen molar-refractivity contribution in [2.45, 2.75) is 32.1 Å². The molecular weight excluding hydrogens is 406 g/mol. The number of hydrogen-bond donors (Lipinski definition) is 1. The number of aromatic nitrogens is 2. The lowest BCUT2D eigenvalue weighted by molar-refractivity contribution is 0.255. The van der Waals surface area contributed by atoms with Crippen molar-refractivity contribution >= 4 is 30.5 Å². The Bertz CT molecular complexity index is 692. The lowest BCUT2D eigenvalue weighted by Gasteiger charge is -2.36. The zero-order valence-electron chi connectivity index (χ0n) is 15.9. The highest BCUT2D eigenvalue weighted by Gasteiger charge is 2.19. The van der Waals surface area contributed by atoms with Gasteiger partial charge in [-0.3, -0.25) is 10.00 Å². The van der Waals surface area contributed by atoms with Gasteiger partial charge in [-0.05, 0) is 68.5 Å². The number of anilines is 1. The van der Waals surface area contributed by atoms with Gasteiger partial charge in [0.15, 0.2) is 0 Å². The minimum absolute atomic E-state index is 0. The maximum Gasteiger partial charge on any atom is 0.123 e. The summed E-state index contributed by atoms with van der Waals surface area (Å²) in [5.41, 5.74) is 5.30. The van der Waals surface area contributed by atoms with Crippen molar-refractivity contribution in [2.24, 2.45) is 0 Å². The van der Waals surface area contributed by atoms with Crippen LogP contribution in [0.1, 0.15) is 29.8 Å². The van der Waals surface area contributed by atoms with Gasteiger partial charge in [-0.25, -0.2) is 4.39 Å². The SMILES string of the molecule is Cl.Cl.Fc1ccc(N2CCN(CCCc3n[nH]c4c3CCC4)CC2)cc1.O.O. The molecule has 160 valence electrons. The van der Waals surface area contributed by atoms with Crippen molar-refractivity contribution in [2.75, 3.05) is 37.6 Å². The molecule has 28 heavy (non-hydrogen) atoms. The van der Waals surface area contributed by atoms with Gasteiger partial charge in [0.25, 0.3) is 0 Å². The van der Waals surface area contributed by atoms with Crippen LogP contribution in [0.2, 0.25) is 0 Å². The molecule has 2 heterocycles. The molecule has 5 N–H and O–H groups in total. The van der Waals surface area contributed by atoms with Crippen molar-refractivity contribution in [1.29, 1.82) is 0 Å². The van der Waals surface area contributed by atoms with Crippen molar-refractivity contribution in [3.8, 4) is 0 Å². The van der Waals surface area contributed by atoms with Gasteiger partial charge in [-0.2, -0.15) is 5.10 Å². The molecule has 0 saturated carbocycles. The number of hydrogen-bond acceptors (Lipinski definition) is 3. The molecule has 1 saturated heterocycles.